The van der Waals surface area contributed by atoms with Crippen molar-refractivity contribution >= 4 is 11.3 Å². The third-order valence-electron chi connectivity index (χ3n) is 5.18. The van der Waals surface area contributed by atoms with E-state index in [9.17, 15) is 0 Å². The molecule has 3 heterocycles. The van der Waals surface area contributed by atoms with Crippen molar-refractivity contribution in [3.63, 3.8) is 0 Å². The molecule has 112 valence electrons. The van der Waals surface area contributed by atoms with E-state index in [0.29, 0.717) is 12.1 Å². The van der Waals surface area contributed by atoms with E-state index in [1.165, 1.54) is 47.7 Å². The van der Waals surface area contributed by atoms with Crippen LogP contribution in [0, 0.1) is 13.8 Å². The molecule has 0 radical (unpaired) electrons. The van der Waals surface area contributed by atoms with Crippen molar-refractivity contribution in [2.45, 2.75) is 77.0 Å². The summed E-state index contributed by atoms with van der Waals surface area (Å²) in [5.74, 6) is 0. The van der Waals surface area contributed by atoms with Crippen LogP contribution in [0.3, 0.4) is 0 Å². The molecule has 1 aromatic heterocycles. The van der Waals surface area contributed by atoms with Crippen LogP contribution < -0.4 is 5.32 Å². The van der Waals surface area contributed by atoms with E-state index in [4.69, 9.17) is 4.98 Å². The molecule has 2 aliphatic heterocycles. The fourth-order valence-electron chi connectivity index (χ4n) is 4.13. The number of aromatic nitrogens is 1. The highest BCUT2D eigenvalue weighted by Crippen LogP contribution is 2.33. The molecule has 1 N–H and O–H groups in total. The van der Waals surface area contributed by atoms with Gasteiger partial charge in [-0.2, -0.15) is 0 Å². The zero-order valence-electron chi connectivity index (χ0n) is 13.1. The summed E-state index contributed by atoms with van der Waals surface area (Å²) in [6.45, 7) is 6.57. The number of nitrogens with one attached hydrogen (secondary N) is 1. The Balaban J connectivity index is 1.65. The number of hydrogen-bond donors (Lipinski definition) is 1. The summed E-state index contributed by atoms with van der Waals surface area (Å²) in [6, 6.07) is 2.64. The molecule has 2 bridgehead atoms. The van der Waals surface area contributed by atoms with Crippen molar-refractivity contribution in [1.82, 2.24) is 15.2 Å². The van der Waals surface area contributed by atoms with Gasteiger partial charge in [-0.1, -0.05) is 6.42 Å². The topological polar surface area (TPSA) is 28.2 Å². The van der Waals surface area contributed by atoms with E-state index < -0.39 is 0 Å². The Morgan fingerprint density at radius 2 is 1.90 bits per heavy atom. The summed E-state index contributed by atoms with van der Waals surface area (Å²) < 4.78 is 0. The van der Waals surface area contributed by atoms with Gasteiger partial charge in [0, 0.05) is 29.0 Å². The molecule has 2 saturated heterocycles. The molecule has 3 atom stereocenters. The molecule has 3 nitrogen and oxygen atoms in total. The predicted octanol–water partition coefficient (Wildman–Crippen LogP) is 3.43. The normalized spacial score (nSPS) is 32.3. The number of piperidine rings is 2. The van der Waals surface area contributed by atoms with Crippen molar-refractivity contribution < 1.29 is 0 Å². The molecule has 0 saturated carbocycles. The van der Waals surface area contributed by atoms with Gasteiger partial charge in [-0.25, -0.2) is 4.98 Å². The third kappa shape index (κ3) is 2.78. The molecule has 2 fully saturated rings. The summed E-state index contributed by atoms with van der Waals surface area (Å²) in [7, 11) is 2.32. The first kappa shape index (κ1) is 14.5. The molecule has 2 aliphatic rings. The second kappa shape index (κ2) is 5.74. The van der Waals surface area contributed by atoms with Gasteiger partial charge < -0.3 is 10.2 Å². The second-order valence-corrected chi connectivity index (χ2v) is 8.04. The minimum Gasteiger partial charge on any atom is -0.306 e. The Morgan fingerprint density at radius 3 is 2.45 bits per heavy atom. The molecule has 3 unspecified atom stereocenters. The summed E-state index contributed by atoms with van der Waals surface area (Å²) in [5.41, 5.74) is 1.26. The molecule has 4 heteroatoms. The van der Waals surface area contributed by atoms with E-state index in [2.05, 4.69) is 38.0 Å². The smallest absolute Gasteiger partial charge is 0.0900 e. The van der Waals surface area contributed by atoms with Gasteiger partial charge >= 0.3 is 0 Å². The zero-order chi connectivity index (χ0) is 14.3. The molecule has 20 heavy (non-hydrogen) atoms. The number of fused-ring (bicyclic) bond motifs is 2. The first-order chi connectivity index (χ1) is 9.54. The summed E-state index contributed by atoms with van der Waals surface area (Å²) >= 11 is 1.82. The lowest BCUT2D eigenvalue weighted by Crippen LogP contribution is -2.54. The van der Waals surface area contributed by atoms with Gasteiger partial charge in [-0.3, -0.25) is 0 Å². The average Bonchev–Trinajstić information content (AvgIpc) is 2.70. The van der Waals surface area contributed by atoms with E-state index >= 15 is 0 Å². The third-order valence-corrected chi connectivity index (χ3v) is 6.08. The zero-order valence-corrected chi connectivity index (χ0v) is 14.0. The van der Waals surface area contributed by atoms with E-state index in [0.717, 1.165) is 12.1 Å². The monoisotopic (exact) mass is 293 g/mol. The number of rotatable bonds is 3. The Bertz CT molecular complexity index is 456. The molecular formula is C16H27N3S. The van der Waals surface area contributed by atoms with Crippen LogP contribution in [0.2, 0.25) is 0 Å². The number of nitrogens with zero attached hydrogens (tertiary/aromatic N) is 2. The number of aryl methyl sites for hydroxylation is 2. The standard InChI is InChI=1S/C16H27N3S/c1-10(16-11(2)20-12(3)18-16)17-13-8-14-6-5-7-15(9-13)19(14)4/h10,13-15,17H,5-9H2,1-4H3. The van der Waals surface area contributed by atoms with Gasteiger partial charge in [0.1, 0.15) is 0 Å². The Hall–Kier alpha value is -0.450. The fraction of sp³-hybridized carbons (Fsp3) is 0.812. The molecule has 1 aromatic rings. The van der Waals surface area contributed by atoms with Crippen LogP contribution >= 0.6 is 11.3 Å². The fourth-order valence-corrected chi connectivity index (χ4v) is 5.05. The van der Waals surface area contributed by atoms with Crippen molar-refractivity contribution in [2.75, 3.05) is 7.05 Å². The lowest BCUT2D eigenvalue weighted by molar-refractivity contribution is 0.0461. The average molecular weight is 293 g/mol. The molecule has 3 rings (SSSR count). The first-order valence-corrected chi connectivity index (χ1v) is 8.78. The van der Waals surface area contributed by atoms with E-state index in [-0.39, 0.29) is 0 Å². The van der Waals surface area contributed by atoms with Crippen LogP contribution in [0.5, 0.6) is 0 Å². The Morgan fingerprint density at radius 1 is 1.25 bits per heavy atom. The highest BCUT2D eigenvalue weighted by Gasteiger charge is 2.36. The lowest BCUT2D eigenvalue weighted by atomic mass is 9.82. The SMILES string of the molecule is Cc1nc(C(C)NC2CC3CCCC(C2)N3C)c(C)s1. The maximum atomic E-state index is 4.71. The molecule has 0 spiro atoms. The molecule has 0 aromatic carbocycles. The van der Waals surface area contributed by atoms with Gasteiger partial charge in [0.05, 0.1) is 10.7 Å². The maximum absolute atomic E-state index is 4.71. The lowest BCUT2D eigenvalue weighted by Gasteiger charge is -2.47. The maximum Gasteiger partial charge on any atom is 0.0900 e. The Kier molecular flexibility index (Phi) is 4.16. The van der Waals surface area contributed by atoms with Gasteiger partial charge in [0.15, 0.2) is 0 Å². The number of thiazole rings is 1. The summed E-state index contributed by atoms with van der Waals surface area (Å²) in [6.07, 6.45) is 6.80. The largest absolute Gasteiger partial charge is 0.306 e. The quantitative estimate of drug-likeness (QED) is 0.925. The van der Waals surface area contributed by atoms with Crippen molar-refractivity contribution in [3.8, 4) is 0 Å². The number of hydrogen-bond acceptors (Lipinski definition) is 4. The van der Waals surface area contributed by atoms with Crippen molar-refractivity contribution in [1.29, 1.82) is 0 Å². The van der Waals surface area contributed by atoms with Crippen molar-refractivity contribution in [2.24, 2.45) is 0 Å². The first-order valence-electron chi connectivity index (χ1n) is 7.96. The van der Waals surface area contributed by atoms with Crippen molar-refractivity contribution in [3.05, 3.63) is 15.6 Å². The van der Waals surface area contributed by atoms with E-state index in [1.54, 1.807) is 0 Å². The van der Waals surface area contributed by atoms with Crippen LogP contribution in [-0.4, -0.2) is 35.1 Å². The van der Waals surface area contributed by atoms with Crippen LogP contribution in [-0.2, 0) is 0 Å². The highest BCUT2D eigenvalue weighted by molar-refractivity contribution is 7.11. The second-order valence-electron chi connectivity index (χ2n) is 6.64. The van der Waals surface area contributed by atoms with Gasteiger partial charge in [-0.15, -0.1) is 11.3 Å². The van der Waals surface area contributed by atoms with E-state index in [1.807, 2.05) is 11.3 Å². The minimum absolute atomic E-state index is 0.383. The van der Waals surface area contributed by atoms with Crippen LogP contribution in [0.4, 0.5) is 0 Å². The summed E-state index contributed by atoms with van der Waals surface area (Å²) in [4.78, 5) is 8.71. The van der Waals surface area contributed by atoms with Crippen LogP contribution in [0.1, 0.15) is 60.6 Å². The van der Waals surface area contributed by atoms with Gasteiger partial charge in [0.25, 0.3) is 0 Å². The molecular weight excluding hydrogens is 266 g/mol. The Labute approximate surface area is 126 Å². The molecule has 0 amide bonds. The van der Waals surface area contributed by atoms with Gasteiger partial charge in [0.2, 0.25) is 0 Å². The van der Waals surface area contributed by atoms with Crippen LogP contribution in [0.25, 0.3) is 0 Å². The minimum atomic E-state index is 0.383. The highest BCUT2D eigenvalue weighted by atomic mass is 32.1. The van der Waals surface area contributed by atoms with Crippen LogP contribution in [0.15, 0.2) is 0 Å². The predicted molar refractivity (Wildman–Crippen MR) is 85.4 cm³/mol. The molecule has 0 aliphatic carbocycles. The van der Waals surface area contributed by atoms with Gasteiger partial charge in [-0.05, 0) is 53.5 Å². The summed E-state index contributed by atoms with van der Waals surface area (Å²) in [5, 5.41) is 5.04.